The van der Waals surface area contributed by atoms with Gasteiger partial charge in [0.1, 0.15) is 5.75 Å². The smallest absolute Gasteiger partial charge is 0.264 e. The number of ether oxygens (including phenoxy) is 1. The van der Waals surface area contributed by atoms with Crippen molar-refractivity contribution in [3.63, 3.8) is 0 Å². The van der Waals surface area contributed by atoms with Gasteiger partial charge < -0.3 is 9.64 Å². The quantitative estimate of drug-likeness (QED) is 0.784. The fourth-order valence-corrected chi connectivity index (χ4v) is 5.34. The Kier molecular flexibility index (Phi) is 4.76. The molecule has 0 spiro atoms. The molecule has 0 aromatic heterocycles. The molecule has 1 saturated heterocycles. The number of sulfonamides is 1. The van der Waals surface area contributed by atoms with E-state index in [0.29, 0.717) is 17.2 Å². The SMILES string of the molecule is CC(C)Oc1ccc(S(=O)(=O)N2CCc3ccc(N4CCCC4)cc32)cc1. The first-order valence-corrected chi connectivity index (χ1v) is 11.1. The topological polar surface area (TPSA) is 49.9 Å². The molecule has 0 unspecified atom stereocenters. The third-order valence-corrected chi connectivity index (χ3v) is 7.00. The first-order chi connectivity index (χ1) is 12.9. The van der Waals surface area contributed by atoms with Crippen LogP contribution in [0, 0.1) is 0 Å². The number of benzene rings is 2. The Morgan fingerprint density at radius 1 is 0.963 bits per heavy atom. The molecule has 4 rings (SSSR count). The first kappa shape index (κ1) is 18.2. The molecule has 0 bridgehead atoms. The molecule has 2 heterocycles. The highest BCUT2D eigenvalue weighted by atomic mass is 32.2. The summed E-state index contributed by atoms with van der Waals surface area (Å²) in [7, 11) is -3.58. The van der Waals surface area contributed by atoms with Crippen LogP contribution in [0.2, 0.25) is 0 Å². The number of hydrogen-bond donors (Lipinski definition) is 0. The second kappa shape index (κ2) is 7.08. The zero-order valence-electron chi connectivity index (χ0n) is 15.9. The molecule has 0 aliphatic carbocycles. The van der Waals surface area contributed by atoms with E-state index >= 15 is 0 Å². The second-order valence-corrected chi connectivity index (χ2v) is 9.33. The maximum atomic E-state index is 13.2. The lowest BCUT2D eigenvalue weighted by Gasteiger charge is -2.23. The minimum absolute atomic E-state index is 0.0573. The van der Waals surface area contributed by atoms with Crippen LogP contribution in [-0.2, 0) is 16.4 Å². The molecule has 2 aliphatic heterocycles. The molecule has 144 valence electrons. The van der Waals surface area contributed by atoms with E-state index in [-0.39, 0.29) is 6.10 Å². The second-order valence-electron chi connectivity index (χ2n) is 7.47. The lowest BCUT2D eigenvalue weighted by molar-refractivity contribution is 0.242. The summed E-state index contributed by atoms with van der Waals surface area (Å²) in [6, 6.07) is 13.0. The summed E-state index contributed by atoms with van der Waals surface area (Å²) in [6.45, 7) is 6.48. The predicted molar refractivity (Wildman–Crippen MR) is 108 cm³/mol. The number of hydrogen-bond acceptors (Lipinski definition) is 4. The molecule has 6 heteroatoms. The van der Waals surface area contributed by atoms with Gasteiger partial charge in [0.15, 0.2) is 0 Å². The summed E-state index contributed by atoms with van der Waals surface area (Å²) in [4.78, 5) is 2.64. The van der Waals surface area contributed by atoms with E-state index in [0.717, 1.165) is 36.4 Å². The van der Waals surface area contributed by atoms with Crippen LogP contribution in [0.25, 0.3) is 0 Å². The van der Waals surface area contributed by atoms with E-state index in [4.69, 9.17) is 4.74 Å². The molecule has 1 fully saturated rings. The predicted octanol–water partition coefficient (Wildman–Crippen LogP) is 3.83. The van der Waals surface area contributed by atoms with Gasteiger partial charge in [0.05, 0.1) is 16.7 Å². The highest BCUT2D eigenvalue weighted by Crippen LogP contribution is 2.36. The third kappa shape index (κ3) is 3.50. The van der Waals surface area contributed by atoms with Crippen LogP contribution in [0.1, 0.15) is 32.3 Å². The summed E-state index contributed by atoms with van der Waals surface area (Å²) < 4.78 is 33.6. The largest absolute Gasteiger partial charge is 0.491 e. The molecule has 0 amide bonds. The molecule has 27 heavy (non-hydrogen) atoms. The van der Waals surface area contributed by atoms with Crippen molar-refractivity contribution in [3.8, 4) is 5.75 Å². The van der Waals surface area contributed by atoms with Crippen molar-refractivity contribution >= 4 is 21.4 Å². The Morgan fingerprint density at radius 3 is 2.33 bits per heavy atom. The number of rotatable bonds is 5. The van der Waals surface area contributed by atoms with Crippen molar-refractivity contribution in [1.29, 1.82) is 0 Å². The fourth-order valence-electron chi connectivity index (χ4n) is 3.85. The summed E-state index contributed by atoms with van der Waals surface area (Å²) >= 11 is 0. The van der Waals surface area contributed by atoms with Gasteiger partial charge in [0.2, 0.25) is 0 Å². The molecule has 0 N–H and O–H groups in total. The van der Waals surface area contributed by atoms with Gasteiger partial charge in [-0.3, -0.25) is 4.31 Å². The maximum Gasteiger partial charge on any atom is 0.264 e. The zero-order valence-corrected chi connectivity index (χ0v) is 16.7. The van der Waals surface area contributed by atoms with Crippen molar-refractivity contribution in [2.24, 2.45) is 0 Å². The van der Waals surface area contributed by atoms with E-state index < -0.39 is 10.0 Å². The van der Waals surface area contributed by atoms with Gasteiger partial charge in [0.25, 0.3) is 10.0 Å². The van der Waals surface area contributed by atoms with Crippen LogP contribution in [0.4, 0.5) is 11.4 Å². The summed E-state index contributed by atoms with van der Waals surface area (Å²) in [5.41, 5.74) is 3.04. The van der Waals surface area contributed by atoms with Gasteiger partial charge in [-0.1, -0.05) is 6.07 Å². The lowest BCUT2D eigenvalue weighted by atomic mass is 10.1. The summed E-state index contributed by atoms with van der Waals surface area (Å²) in [6.07, 6.45) is 3.21. The highest BCUT2D eigenvalue weighted by Gasteiger charge is 2.31. The van der Waals surface area contributed by atoms with Crippen molar-refractivity contribution in [3.05, 3.63) is 48.0 Å². The van der Waals surface area contributed by atoms with Crippen LogP contribution in [-0.4, -0.2) is 34.2 Å². The van der Waals surface area contributed by atoms with Gasteiger partial charge >= 0.3 is 0 Å². The van der Waals surface area contributed by atoms with E-state index in [2.05, 4.69) is 17.0 Å². The maximum absolute atomic E-state index is 13.2. The average molecular weight is 387 g/mol. The zero-order chi connectivity index (χ0) is 19.0. The van der Waals surface area contributed by atoms with Gasteiger partial charge in [-0.2, -0.15) is 0 Å². The van der Waals surface area contributed by atoms with Crippen molar-refractivity contribution in [1.82, 2.24) is 0 Å². The Labute approximate surface area is 161 Å². The molecular weight excluding hydrogens is 360 g/mol. The van der Waals surface area contributed by atoms with Crippen LogP contribution < -0.4 is 13.9 Å². The average Bonchev–Trinajstić information content (AvgIpc) is 3.31. The van der Waals surface area contributed by atoms with Gasteiger partial charge in [-0.15, -0.1) is 0 Å². The van der Waals surface area contributed by atoms with Crippen molar-refractivity contribution < 1.29 is 13.2 Å². The van der Waals surface area contributed by atoms with E-state index in [1.165, 1.54) is 12.8 Å². The molecule has 2 aromatic carbocycles. The molecule has 0 radical (unpaired) electrons. The lowest BCUT2D eigenvalue weighted by Crippen LogP contribution is -2.29. The van der Waals surface area contributed by atoms with Gasteiger partial charge in [-0.05, 0) is 75.1 Å². The first-order valence-electron chi connectivity index (χ1n) is 9.62. The minimum Gasteiger partial charge on any atom is -0.491 e. The monoisotopic (exact) mass is 386 g/mol. The third-order valence-electron chi connectivity index (χ3n) is 5.18. The number of nitrogens with zero attached hydrogens (tertiary/aromatic N) is 2. The molecule has 2 aromatic rings. The van der Waals surface area contributed by atoms with E-state index in [9.17, 15) is 8.42 Å². The minimum atomic E-state index is -3.58. The standard InChI is InChI=1S/C21H26N2O3S/c1-16(2)26-19-7-9-20(10-8-19)27(24,25)23-14-11-17-5-6-18(15-21(17)23)22-12-3-4-13-22/h5-10,15-16H,3-4,11-14H2,1-2H3. The molecule has 5 nitrogen and oxygen atoms in total. The molecular formula is C21H26N2O3S. The Morgan fingerprint density at radius 2 is 1.67 bits per heavy atom. The van der Waals surface area contributed by atoms with Crippen LogP contribution in [0.3, 0.4) is 0 Å². The Hall–Kier alpha value is -2.21. The Bertz CT molecular complexity index is 917. The normalized spacial score (nSPS) is 16.9. The Balaban J connectivity index is 1.63. The van der Waals surface area contributed by atoms with E-state index in [1.54, 1.807) is 28.6 Å². The molecule has 2 aliphatic rings. The van der Waals surface area contributed by atoms with Gasteiger partial charge in [-0.25, -0.2) is 8.42 Å². The summed E-state index contributed by atoms with van der Waals surface area (Å²) in [5.74, 6) is 0.682. The van der Waals surface area contributed by atoms with Crippen LogP contribution in [0.15, 0.2) is 47.4 Å². The fraction of sp³-hybridized carbons (Fsp3) is 0.429. The highest BCUT2D eigenvalue weighted by molar-refractivity contribution is 7.92. The summed E-state index contributed by atoms with van der Waals surface area (Å²) in [5, 5.41) is 0. The number of anilines is 2. The molecule has 0 atom stereocenters. The molecule has 0 saturated carbocycles. The van der Waals surface area contributed by atoms with Crippen molar-refractivity contribution in [2.75, 3.05) is 28.8 Å². The van der Waals surface area contributed by atoms with Crippen LogP contribution in [0.5, 0.6) is 5.75 Å². The van der Waals surface area contributed by atoms with Crippen LogP contribution >= 0.6 is 0 Å². The van der Waals surface area contributed by atoms with Gasteiger partial charge in [0, 0.05) is 25.3 Å². The number of fused-ring (bicyclic) bond motifs is 1. The van der Waals surface area contributed by atoms with Crippen molar-refractivity contribution in [2.45, 2.75) is 44.1 Å². The van der Waals surface area contributed by atoms with E-state index in [1.807, 2.05) is 19.9 Å².